The summed E-state index contributed by atoms with van der Waals surface area (Å²) in [4.78, 5) is 27.3. The van der Waals surface area contributed by atoms with Crippen LogP contribution in [0.15, 0.2) is 57.9 Å². The van der Waals surface area contributed by atoms with Gasteiger partial charge in [0.05, 0.1) is 11.7 Å². The number of anilines is 1. The minimum atomic E-state index is -0.446. The van der Waals surface area contributed by atoms with E-state index in [0.29, 0.717) is 23.0 Å². The first kappa shape index (κ1) is 18.9. The van der Waals surface area contributed by atoms with E-state index in [9.17, 15) is 9.59 Å². The Morgan fingerprint density at radius 3 is 2.69 bits per heavy atom. The molecule has 4 aromatic rings. The first-order valence-corrected chi connectivity index (χ1v) is 9.80. The number of rotatable bonds is 5. The summed E-state index contributed by atoms with van der Waals surface area (Å²) in [6.07, 6.45) is 2.32. The number of carbonyl (C=O) groups is 1. The van der Waals surface area contributed by atoms with Gasteiger partial charge in [-0.15, -0.1) is 0 Å². The molecule has 0 radical (unpaired) electrons. The zero-order valence-corrected chi connectivity index (χ0v) is 16.8. The van der Waals surface area contributed by atoms with Gasteiger partial charge < -0.3 is 9.32 Å². The van der Waals surface area contributed by atoms with Crippen LogP contribution in [-0.4, -0.2) is 22.2 Å². The fourth-order valence-electron chi connectivity index (χ4n) is 3.78. The number of likely N-dealkylation sites (N-methyl/N-ethyl adjacent to an activating group) is 1. The van der Waals surface area contributed by atoms with Gasteiger partial charge in [-0.25, -0.2) is 4.79 Å². The standard InChI is InChI=1S/C23H23N3O3/c1-4-16-8-6-7-9-19(16)25(5-2)21(27)14-26-22-17-12-15(3)10-11-20(17)29-23(28)18(22)13-24-26/h6-13H,4-5,14H2,1-3H3. The lowest BCUT2D eigenvalue weighted by atomic mass is 10.1. The van der Waals surface area contributed by atoms with Crippen molar-refractivity contribution in [3.8, 4) is 0 Å². The number of benzene rings is 2. The lowest BCUT2D eigenvalue weighted by Crippen LogP contribution is -2.34. The lowest BCUT2D eigenvalue weighted by Gasteiger charge is -2.24. The van der Waals surface area contributed by atoms with E-state index in [4.69, 9.17) is 4.42 Å². The van der Waals surface area contributed by atoms with Crippen LogP contribution in [-0.2, 0) is 17.8 Å². The molecule has 0 unspecified atom stereocenters. The number of nitrogens with zero attached hydrogens (tertiary/aromatic N) is 3. The molecular formula is C23H23N3O3. The smallest absolute Gasteiger partial charge is 0.347 e. The van der Waals surface area contributed by atoms with E-state index in [1.165, 1.54) is 6.20 Å². The van der Waals surface area contributed by atoms with E-state index in [-0.39, 0.29) is 12.5 Å². The van der Waals surface area contributed by atoms with Crippen molar-refractivity contribution in [2.45, 2.75) is 33.7 Å². The van der Waals surface area contributed by atoms with Crippen molar-refractivity contribution in [1.82, 2.24) is 9.78 Å². The summed E-state index contributed by atoms with van der Waals surface area (Å²) in [6.45, 7) is 6.60. The molecule has 148 valence electrons. The van der Waals surface area contributed by atoms with E-state index >= 15 is 0 Å². The van der Waals surface area contributed by atoms with Crippen molar-refractivity contribution >= 4 is 33.5 Å². The third-order valence-corrected chi connectivity index (χ3v) is 5.22. The van der Waals surface area contributed by atoms with Crippen LogP contribution in [0.25, 0.3) is 21.9 Å². The summed E-state index contributed by atoms with van der Waals surface area (Å²) in [6, 6.07) is 13.5. The van der Waals surface area contributed by atoms with Gasteiger partial charge in [0.2, 0.25) is 5.91 Å². The molecule has 2 aromatic heterocycles. The summed E-state index contributed by atoms with van der Waals surface area (Å²) in [7, 11) is 0. The maximum absolute atomic E-state index is 13.2. The molecule has 1 amide bonds. The van der Waals surface area contributed by atoms with Crippen LogP contribution < -0.4 is 10.5 Å². The van der Waals surface area contributed by atoms with Crippen LogP contribution in [0.5, 0.6) is 0 Å². The topological polar surface area (TPSA) is 68.3 Å². The fraction of sp³-hybridized carbons (Fsp3) is 0.261. The second-order valence-electron chi connectivity index (χ2n) is 7.07. The second kappa shape index (κ2) is 7.54. The molecule has 0 aliphatic rings. The monoisotopic (exact) mass is 389 g/mol. The average Bonchev–Trinajstić information content (AvgIpc) is 3.14. The van der Waals surface area contributed by atoms with Crippen molar-refractivity contribution < 1.29 is 9.21 Å². The zero-order chi connectivity index (χ0) is 20.5. The van der Waals surface area contributed by atoms with Gasteiger partial charge in [-0.05, 0) is 44.0 Å². The quantitative estimate of drug-likeness (QED) is 0.483. The molecule has 0 bridgehead atoms. The molecule has 0 spiro atoms. The minimum absolute atomic E-state index is 0.0435. The number of amides is 1. The van der Waals surface area contributed by atoms with Gasteiger partial charge >= 0.3 is 5.63 Å². The zero-order valence-electron chi connectivity index (χ0n) is 16.8. The van der Waals surface area contributed by atoms with E-state index < -0.39 is 5.63 Å². The predicted molar refractivity (Wildman–Crippen MR) is 114 cm³/mol. The number of para-hydroxylation sites is 1. The Morgan fingerprint density at radius 1 is 1.14 bits per heavy atom. The van der Waals surface area contributed by atoms with Gasteiger partial charge in [0.25, 0.3) is 0 Å². The molecule has 0 N–H and O–H groups in total. The van der Waals surface area contributed by atoms with Crippen molar-refractivity contribution in [3.05, 3.63) is 70.2 Å². The highest BCUT2D eigenvalue weighted by Crippen LogP contribution is 2.25. The van der Waals surface area contributed by atoms with Gasteiger partial charge in [-0.3, -0.25) is 9.48 Å². The van der Waals surface area contributed by atoms with Crippen molar-refractivity contribution in [2.24, 2.45) is 0 Å². The van der Waals surface area contributed by atoms with E-state index in [2.05, 4.69) is 12.0 Å². The number of aromatic nitrogens is 2. The van der Waals surface area contributed by atoms with Gasteiger partial charge in [0, 0.05) is 17.6 Å². The Hall–Kier alpha value is -3.41. The summed E-state index contributed by atoms with van der Waals surface area (Å²) in [5.41, 5.74) is 3.76. The van der Waals surface area contributed by atoms with Crippen LogP contribution in [0.1, 0.15) is 25.0 Å². The van der Waals surface area contributed by atoms with E-state index in [1.54, 1.807) is 15.6 Å². The van der Waals surface area contributed by atoms with E-state index in [1.807, 2.05) is 50.2 Å². The van der Waals surface area contributed by atoms with Crippen molar-refractivity contribution in [1.29, 1.82) is 0 Å². The summed E-state index contributed by atoms with van der Waals surface area (Å²) >= 11 is 0. The number of hydrogen-bond acceptors (Lipinski definition) is 4. The summed E-state index contributed by atoms with van der Waals surface area (Å²) in [5.74, 6) is -0.0764. The molecule has 6 nitrogen and oxygen atoms in total. The Labute approximate surface area is 168 Å². The third kappa shape index (κ3) is 3.31. The normalized spacial score (nSPS) is 11.3. The van der Waals surface area contributed by atoms with Crippen LogP contribution in [0.2, 0.25) is 0 Å². The molecule has 0 atom stereocenters. The van der Waals surface area contributed by atoms with Crippen LogP contribution >= 0.6 is 0 Å². The third-order valence-electron chi connectivity index (χ3n) is 5.22. The first-order chi connectivity index (χ1) is 14.0. The fourth-order valence-corrected chi connectivity index (χ4v) is 3.78. The maximum Gasteiger partial charge on any atom is 0.347 e. The molecule has 4 rings (SSSR count). The highest BCUT2D eigenvalue weighted by atomic mass is 16.4. The molecule has 0 saturated carbocycles. The molecule has 2 heterocycles. The first-order valence-electron chi connectivity index (χ1n) is 9.80. The van der Waals surface area contributed by atoms with Gasteiger partial charge in [0.1, 0.15) is 17.5 Å². The number of carbonyl (C=O) groups excluding carboxylic acids is 1. The lowest BCUT2D eigenvalue weighted by molar-refractivity contribution is -0.119. The SMILES string of the molecule is CCc1ccccc1N(CC)C(=O)Cn1ncc2c(=O)oc3ccc(C)cc3c21. The molecule has 0 fully saturated rings. The molecule has 29 heavy (non-hydrogen) atoms. The molecule has 0 aliphatic carbocycles. The average molecular weight is 389 g/mol. The van der Waals surface area contributed by atoms with Crippen LogP contribution in [0, 0.1) is 6.92 Å². The van der Waals surface area contributed by atoms with Gasteiger partial charge in [-0.2, -0.15) is 5.10 Å². The molecule has 2 aromatic carbocycles. The van der Waals surface area contributed by atoms with E-state index in [0.717, 1.165) is 28.6 Å². The van der Waals surface area contributed by atoms with Crippen molar-refractivity contribution in [3.63, 3.8) is 0 Å². The Bertz CT molecular complexity index is 1270. The van der Waals surface area contributed by atoms with Gasteiger partial charge in [-0.1, -0.05) is 36.8 Å². The number of hydrogen-bond donors (Lipinski definition) is 0. The molecule has 0 aliphatic heterocycles. The molecular weight excluding hydrogens is 366 g/mol. The summed E-state index contributed by atoms with van der Waals surface area (Å²) in [5, 5.41) is 5.50. The largest absolute Gasteiger partial charge is 0.422 e. The molecule has 0 saturated heterocycles. The number of fused-ring (bicyclic) bond motifs is 3. The van der Waals surface area contributed by atoms with Gasteiger partial charge in [0.15, 0.2) is 0 Å². The highest BCUT2D eigenvalue weighted by molar-refractivity contribution is 6.03. The Kier molecular flexibility index (Phi) is 4.92. The van der Waals surface area contributed by atoms with Crippen molar-refractivity contribution in [2.75, 3.05) is 11.4 Å². The summed E-state index contributed by atoms with van der Waals surface area (Å²) < 4.78 is 7.02. The second-order valence-corrected chi connectivity index (χ2v) is 7.07. The minimum Gasteiger partial charge on any atom is -0.422 e. The Morgan fingerprint density at radius 2 is 1.93 bits per heavy atom. The van der Waals surface area contributed by atoms with Crippen LogP contribution in [0.4, 0.5) is 5.69 Å². The van der Waals surface area contributed by atoms with Crippen LogP contribution in [0.3, 0.4) is 0 Å². The molecule has 6 heteroatoms. The highest BCUT2D eigenvalue weighted by Gasteiger charge is 2.20. The predicted octanol–water partition coefficient (Wildman–Crippen LogP) is 4.07. The number of aryl methyl sites for hydroxylation is 2. The Balaban J connectivity index is 1.79. The maximum atomic E-state index is 13.2.